The Morgan fingerprint density at radius 1 is 1.14 bits per heavy atom. The average Bonchev–Trinajstić information content (AvgIpc) is 3.11. The summed E-state index contributed by atoms with van der Waals surface area (Å²) in [6.45, 7) is -3.03. The van der Waals surface area contributed by atoms with Crippen molar-refractivity contribution in [2.75, 3.05) is 7.11 Å². The third-order valence-electron chi connectivity index (χ3n) is 4.19. The summed E-state index contributed by atoms with van der Waals surface area (Å²) in [6, 6.07) is 12.4. The first-order valence-electron chi connectivity index (χ1n) is 8.45. The summed E-state index contributed by atoms with van der Waals surface area (Å²) in [7, 11) is 3.37. The molecule has 1 N–H and O–H groups in total. The van der Waals surface area contributed by atoms with E-state index in [9.17, 15) is 13.6 Å². The molecule has 0 radical (unpaired) electrons. The summed E-state index contributed by atoms with van der Waals surface area (Å²) in [5.41, 5.74) is 0.770. The minimum absolute atomic E-state index is 0.00974. The Balaban J connectivity index is 1.94. The van der Waals surface area contributed by atoms with Crippen molar-refractivity contribution in [3.63, 3.8) is 0 Å². The van der Waals surface area contributed by atoms with Gasteiger partial charge in [-0.2, -0.15) is 8.78 Å². The van der Waals surface area contributed by atoms with Gasteiger partial charge < -0.3 is 19.4 Å². The first kappa shape index (κ1) is 19.3. The Labute approximate surface area is 160 Å². The molecule has 1 heterocycles. The van der Waals surface area contributed by atoms with Crippen LogP contribution < -0.4 is 14.8 Å². The molecule has 0 spiro atoms. The molecule has 0 aliphatic heterocycles. The molecular weight excluding hydrogens is 368 g/mol. The molecule has 1 aromatic heterocycles. The number of hydrogen-bond donors (Lipinski definition) is 1. The van der Waals surface area contributed by atoms with E-state index in [1.165, 1.54) is 18.2 Å². The van der Waals surface area contributed by atoms with Gasteiger partial charge in [-0.05, 0) is 29.8 Å². The van der Waals surface area contributed by atoms with Crippen LogP contribution in [0.1, 0.15) is 27.8 Å². The summed E-state index contributed by atoms with van der Waals surface area (Å²) >= 11 is 0. The molecule has 0 saturated heterocycles. The Morgan fingerprint density at radius 3 is 2.46 bits per heavy atom. The number of aromatic nitrogens is 2. The number of nitrogens with one attached hydrogen (secondary N) is 1. The van der Waals surface area contributed by atoms with Crippen LogP contribution in [0.2, 0.25) is 0 Å². The Kier molecular flexibility index (Phi) is 5.88. The monoisotopic (exact) mass is 387 g/mol. The van der Waals surface area contributed by atoms with Gasteiger partial charge in [-0.15, -0.1) is 0 Å². The molecule has 146 valence electrons. The van der Waals surface area contributed by atoms with Crippen LogP contribution in [0.3, 0.4) is 0 Å². The number of aryl methyl sites for hydroxylation is 1. The molecule has 0 saturated carbocycles. The second-order valence-corrected chi connectivity index (χ2v) is 5.95. The highest BCUT2D eigenvalue weighted by Crippen LogP contribution is 2.25. The van der Waals surface area contributed by atoms with Crippen molar-refractivity contribution >= 4 is 5.91 Å². The molecule has 2 aromatic carbocycles. The quantitative estimate of drug-likeness (QED) is 0.673. The highest BCUT2D eigenvalue weighted by Gasteiger charge is 2.23. The fraction of sp³-hybridized carbons (Fsp3) is 0.200. The second kappa shape index (κ2) is 8.51. The van der Waals surface area contributed by atoms with E-state index in [1.807, 2.05) is 0 Å². The van der Waals surface area contributed by atoms with Crippen LogP contribution in [0.4, 0.5) is 8.78 Å². The first-order valence-corrected chi connectivity index (χ1v) is 8.45. The fourth-order valence-corrected chi connectivity index (χ4v) is 2.81. The van der Waals surface area contributed by atoms with E-state index in [2.05, 4.69) is 15.0 Å². The van der Waals surface area contributed by atoms with E-state index in [0.717, 1.165) is 5.56 Å². The number of ether oxygens (including phenoxy) is 2. The van der Waals surface area contributed by atoms with Gasteiger partial charge in [0.15, 0.2) is 0 Å². The minimum atomic E-state index is -3.03. The maximum atomic E-state index is 12.9. The fourth-order valence-electron chi connectivity index (χ4n) is 2.81. The van der Waals surface area contributed by atoms with Crippen molar-refractivity contribution in [3.8, 4) is 11.5 Å². The van der Waals surface area contributed by atoms with Crippen molar-refractivity contribution in [2.45, 2.75) is 12.7 Å². The lowest BCUT2D eigenvalue weighted by Crippen LogP contribution is -2.31. The number of alkyl halides is 2. The van der Waals surface area contributed by atoms with Crippen LogP contribution in [0.5, 0.6) is 11.5 Å². The molecular formula is C20H19F2N3O3. The maximum Gasteiger partial charge on any atom is 0.387 e. The van der Waals surface area contributed by atoms with Gasteiger partial charge in [0.05, 0.1) is 12.7 Å². The highest BCUT2D eigenvalue weighted by atomic mass is 19.3. The van der Waals surface area contributed by atoms with Gasteiger partial charge in [0, 0.05) is 19.4 Å². The van der Waals surface area contributed by atoms with Gasteiger partial charge in [0.1, 0.15) is 23.4 Å². The molecule has 0 fully saturated rings. The predicted octanol–water partition coefficient (Wildman–Crippen LogP) is 3.55. The number of rotatable bonds is 7. The number of methoxy groups -OCH3 is 1. The van der Waals surface area contributed by atoms with Crippen molar-refractivity contribution in [3.05, 3.63) is 77.9 Å². The molecule has 1 atom stereocenters. The van der Waals surface area contributed by atoms with Crippen LogP contribution in [-0.2, 0) is 7.05 Å². The van der Waals surface area contributed by atoms with E-state index in [4.69, 9.17) is 4.74 Å². The summed E-state index contributed by atoms with van der Waals surface area (Å²) < 4.78 is 36.7. The molecule has 28 heavy (non-hydrogen) atoms. The van der Waals surface area contributed by atoms with E-state index in [1.54, 1.807) is 61.5 Å². The molecule has 3 aromatic rings. The number of nitrogens with zero attached hydrogens (tertiary/aromatic N) is 2. The number of benzene rings is 2. The zero-order valence-electron chi connectivity index (χ0n) is 15.3. The number of halogens is 2. The summed E-state index contributed by atoms with van der Waals surface area (Å²) in [5, 5.41) is 2.86. The SMILES string of the molecule is COc1ccc([C@H](NC(=O)c2ccccc2OC(F)F)c2nccn2C)cc1. The number of para-hydroxylation sites is 1. The van der Waals surface area contributed by atoms with E-state index in [0.29, 0.717) is 11.6 Å². The lowest BCUT2D eigenvalue weighted by Gasteiger charge is -2.20. The van der Waals surface area contributed by atoms with Gasteiger partial charge in [-0.3, -0.25) is 4.79 Å². The molecule has 3 rings (SSSR count). The maximum absolute atomic E-state index is 12.9. The van der Waals surface area contributed by atoms with Crippen LogP contribution >= 0.6 is 0 Å². The Hall–Kier alpha value is -3.42. The summed E-state index contributed by atoms with van der Waals surface area (Å²) in [6.07, 6.45) is 3.37. The largest absolute Gasteiger partial charge is 0.497 e. The number of amides is 1. The van der Waals surface area contributed by atoms with Gasteiger partial charge in [-0.1, -0.05) is 24.3 Å². The molecule has 8 heteroatoms. The lowest BCUT2D eigenvalue weighted by molar-refractivity contribution is -0.0501. The van der Waals surface area contributed by atoms with E-state index >= 15 is 0 Å². The molecule has 1 amide bonds. The number of carbonyl (C=O) groups excluding carboxylic acids is 1. The summed E-state index contributed by atoms with van der Waals surface area (Å²) in [4.78, 5) is 17.2. The van der Waals surface area contributed by atoms with Gasteiger partial charge in [-0.25, -0.2) is 4.98 Å². The molecule has 6 nitrogen and oxygen atoms in total. The van der Waals surface area contributed by atoms with Gasteiger partial charge in [0.25, 0.3) is 5.91 Å². The Bertz CT molecular complexity index is 942. The first-order chi connectivity index (χ1) is 13.5. The number of carbonyl (C=O) groups is 1. The standard InChI is InChI=1S/C20H19F2N3O3/c1-25-12-11-23-18(25)17(13-7-9-14(27-2)10-8-13)24-19(26)15-5-3-4-6-16(15)28-20(21)22/h3-12,17,20H,1-2H3,(H,24,26)/t17-/m0/s1. The molecule has 0 unspecified atom stereocenters. The van der Waals surface area contributed by atoms with Crippen LogP contribution in [-0.4, -0.2) is 29.2 Å². The van der Waals surface area contributed by atoms with Gasteiger partial charge >= 0.3 is 6.61 Å². The van der Waals surface area contributed by atoms with E-state index in [-0.39, 0.29) is 11.3 Å². The zero-order chi connectivity index (χ0) is 20.1. The highest BCUT2D eigenvalue weighted by molar-refractivity contribution is 5.97. The van der Waals surface area contributed by atoms with Crippen molar-refractivity contribution < 1.29 is 23.0 Å². The molecule has 0 aliphatic rings. The van der Waals surface area contributed by atoms with Crippen molar-refractivity contribution in [1.29, 1.82) is 0 Å². The zero-order valence-corrected chi connectivity index (χ0v) is 15.3. The van der Waals surface area contributed by atoms with Crippen molar-refractivity contribution in [1.82, 2.24) is 14.9 Å². The molecule has 0 bridgehead atoms. The number of hydrogen-bond acceptors (Lipinski definition) is 4. The normalized spacial score (nSPS) is 11.9. The van der Waals surface area contributed by atoms with Crippen molar-refractivity contribution in [2.24, 2.45) is 7.05 Å². The average molecular weight is 387 g/mol. The van der Waals surface area contributed by atoms with Gasteiger partial charge in [0.2, 0.25) is 0 Å². The predicted molar refractivity (Wildman–Crippen MR) is 98.6 cm³/mol. The second-order valence-electron chi connectivity index (χ2n) is 5.95. The summed E-state index contributed by atoms with van der Waals surface area (Å²) in [5.74, 6) is 0.513. The Morgan fingerprint density at radius 2 is 1.86 bits per heavy atom. The van der Waals surface area contributed by atoms with Crippen LogP contribution in [0, 0.1) is 0 Å². The van der Waals surface area contributed by atoms with Crippen LogP contribution in [0.15, 0.2) is 60.9 Å². The van der Waals surface area contributed by atoms with E-state index < -0.39 is 18.6 Å². The molecule has 0 aliphatic carbocycles. The third-order valence-corrected chi connectivity index (χ3v) is 4.19. The van der Waals surface area contributed by atoms with Crippen LogP contribution in [0.25, 0.3) is 0 Å². The number of imidazole rings is 1. The minimum Gasteiger partial charge on any atom is -0.497 e. The lowest BCUT2D eigenvalue weighted by atomic mass is 10.0. The third kappa shape index (κ3) is 4.28. The topological polar surface area (TPSA) is 65.4 Å². The smallest absolute Gasteiger partial charge is 0.387 e.